The first kappa shape index (κ1) is 17.5. The van der Waals surface area contributed by atoms with E-state index in [2.05, 4.69) is 4.98 Å². The van der Waals surface area contributed by atoms with Crippen molar-refractivity contribution in [3.8, 4) is 0 Å². The van der Waals surface area contributed by atoms with Gasteiger partial charge in [0.1, 0.15) is 0 Å². The highest BCUT2D eigenvalue weighted by Crippen LogP contribution is 2.25. The van der Waals surface area contributed by atoms with Crippen LogP contribution in [0, 0.1) is 0 Å². The number of benzene rings is 2. The first-order chi connectivity index (χ1) is 13.1. The molecule has 4 rings (SSSR count). The van der Waals surface area contributed by atoms with E-state index in [-0.39, 0.29) is 17.6 Å². The number of nitrogens with zero attached hydrogens (tertiary/aromatic N) is 2. The summed E-state index contributed by atoms with van der Waals surface area (Å²) in [5.41, 5.74) is 8.92. The molecule has 1 aromatic heterocycles. The monoisotopic (exact) mass is 364 g/mol. The van der Waals surface area contributed by atoms with E-state index in [1.807, 2.05) is 64.1 Å². The Morgan fingerprint density at radius 2 is 1.74 bits per heavy atom. The lowest BCUT2D eigenvalue weighted by atomic mass is 10.0. The fraction of sp³-hybridized carbons (Fsp3) is 0.333. The van der Waals surface area contributed by atoms with Gasteiger partial charge in [0.2, 0.25) is 5.91 Å². The highest BCUT2D eigenvalue weighted by molar-refractivity contribution is 5.82. The molecule has 6 heteroatoms. The second-order valence-electron chi connectivity index (χ2n) is 7.17. The molecular weight excluding hydrogens is 340 g/mol. The molecule has 0 aliphatic carbocycles. The topological polar surface area (TPSA) is 84.1 Å². The van der Waals surface area contributed by atoms with Gasteiger partial charge >= 0.3 is 5.69 Å². The van der Waals surface area contributed by atoms with Crippen LogP contribution in [0.25, 0.3) is 11.0 Å². The molecule has 1 aliphatic rings. The molecule has 140 valence electrons. The zero-order valence-corrected chi connectivity index (χ0v) is 15.2. The van der Waals surface area contributed by atoms with Gasteiger partial charge in [-0.15, -0.1) is 0 Å². The van der Waals surface area contributed by atoms with E-state index in [4.69, 9.17) is 5.73 Å². The van der Waals surface area contributed by atoms with Crippen LogP contribution in [0.1, 0.15) is 24.4 Å². The average molecular weight is 364 g/mol. The number of rotatable bonds is 4. The third-order valence-corrected chi connectivity index (χ3v) is 5.38. The summed E-state index contributed by atoms with van der Waals surface area (Å²) in [6, 6.07) is 17.1. The molecule has 1 atom stereocenters. The van der Waals surface area contributed by atoms with E-state index in [9.17, 15) is 9.59 Å². The van der Waals surface area contributed by atoms with Gasteiger partial charge in [0.15, 0.2) is 0 Å². The second kappa shape index (κ2) is 7.40. The quantitative estimate of drug-likeness (QED) is 0.743. The van der Waals surface area contributed by atoms with Crippen LogP contribution >= 0.6 is 0 Å². The summed E-state index contributed by atoms with van der Waals surface area (Å²) in [4.78, 5) is 29.8. The molecule has 1 saturated heterocycles. The number of aromatic nitrogens is 2. The number of piperidine rings is 1. The van der Waals surface area contributed by atoms with Crippen LogP contribution in [0.15, 0.2) is 59.4 Å². The van der Waals surface area contributed by atoms with Gasteiger partial charge in [0.25, 0.3) is 0 Å². The Morgan fingerprint density at radius 1 is 1.07 bits per heavy atom. The van der Waals surface area contributed by atoms with E-state index in [1.165, 1.54) is 0 Å². The molecule has 0 spiro atoms. The van der Waals surface area contributed by atoms with E-state index in [0.29, 0.717) is 19.5 Å². The van der Waals surface area contributed by atoms with Crippen LogP contribution in [-0.4, -0.2) is 39.5 Å². The fourth-order valence-corrected chi connectivity index (χ4v) is 3.97. The fourth-order valence-electron chi connectivity index (χ4n) is 3.97. The molecule has 3 N–H and O–H groups in total. The molecule has 0 bridgehead atoms. The van der Waals surface area contributed by atoms with E-state index in [0.717, 1.165) is 29.4 Å². The number of H-pyrrole nitrogens is 1. The molecule has 1 fully saturated rings. The molecule has 1 amide bonds. The summed E-state index contributed by atoms with van der Waals surface area (Å²) in [5, 5.41) is 0. The highest BCUT2D eigenvalue weighted by Gasteiger charge is 2.28. The van der Waals surface area contributed by atoms with Gasteiger partial charge in [0, 0.05) is 19.1 Å². The number of aromatic amines is 1. The number of fused-ring (bicyclic) bond motifs is 1. The largest absolute Gasteiger partial charge is 0.341 e. The number of likely N-dealkylation sites (tertiary alicyclic amines) is 1. The average Bonchev–Trinajstić information content (AvgIpc) is 3.04. The van der Waals surface area contributed by atoms with Crippen molar-refractivity contribution in [2.45, 2.75) is 31.3 Å². The summed E-state index contributed by atoms with van der Waals surface area (Å²) in [5.74, 6) is -0.0106. The van der Waals surface area contributed by atoms with Crippen LogP contribution in [0.4, 0.5) is 0 Å². The summed E-state index contributed by atoms with van der Waals surface area (Å²) in [7, 11) is 0. The Balaban J connectivity index is 1.42. The van der Waals surface area contributed by atoms with Gasteiger partial charge in [-0.1, -0.05) is 42.5 Å². The lowest BCUT2D eigenvalue weighted by Gasteiger charge is -2.34. The predicted molar refractivity (Wildman–Crippen MR) is 106 cm³/mol. The minimum Gasteiger partial charge on any atom is -0.341 e. The number of para-hydroxylation sites is 2. The predicted octanol–water partition coefficient (Wildman–Crippen LogP) is 2.06. The highest BCUT2D eigenvalue weighted by atomic mass is 16.2. The van der Waals surface area contributed by atoms with Crippen molar-refractivity contribution >= 4 is 16.9 Å². The lowest BCUT2D eigenvalue weighted by Crippen LogP contribution is -2.48. The normalized spacial score (nSPS) is 16.6. The maximum Gasteiger partial charge on any atom is 0.326 e. The number of carbonyl (C=O) groups is 1. The van der Waals surface area contributed by atoms with Crippen molar-refractivity contribution in [3.05, 3.63) is 70.6 Å². The molecule has 1 unspecified atom stereocenters. The number of hydrogen-bond acceptors (Lipinski definition) is 3. The molecule has 27 heavy (non-hydrogen) atoms. The summed E-state index contributed by atoms with van der Waals surface area (Å²) >= 11 is 0. The molecule has 2 heterocycles. The van der Waals surface area contributed by atoms with Crippen LogP contribution in [0.5, 0.6) is 0 Å². The van der Waals surface area contributed by atoms with Crippen LogP contribution in [0.3, 0.4) is 0 Å². The summed E-state index contributed by atoms with van der Waals surface area (Å²) < 4.78 is 1.83. The lowest BCUT2D eigenvalue weighted by molar-refractivity contribution is -0.133. The summed E-state index contributed by atoms with van der Waals surface area (Å²) in [6.45, 7) is 1.25. The van der Waals surface area contributed by atoms with Crippen molar-refractivity contribution in [2.24, 2.45) is 5.73 Å². The Kier molecular flexibility index (Phi) is 4.81. The van der Waals surface area contributed by atoms with Crippen LogP contribution < -0.4 is 11.4 Å². The zero-order valence-electron chi connectivity index (χ0n) is 15.2. The van der Waals surface area contributed by atoms with Gasteiger partial charge in [-0.25, -0.2) is 4.79 Å². The number of carbonyl (C=O) groups excluding carboxylic acids is 1. The van der Waals surface area contributed by atoms with Crippen molar-refractivity contribution in [2.75, 3.05) is 13.1 Å². The van der Waals surface area contributed by atoms with Gasteiger partial charge in [0.05, 0.1) is 17.1 Å². The van der Waals surface area contributed by atoms with E-state index in [1.54, 1.807) is 0 Å². The molecule has 2 aromatic carbocycles. The maximum atomic E-state index is 12.7. The van der Waals surface area contributed by atoms with E-state index >= 15 is 0 Å². The van der Waals surface area contributed by atoms with Gasteiger partial charge < -0.3 is 15.6 Å². The molecule has 0 saturated carbocycles. The number of nitrogens with two attached hydrogens (primary N) is 1. The number of hydrogen-bond donors (Lipinski definition) is 2. The minimum atomic E-state index is -0.528. The smallest absolute Gasteiger partial charge is 0.326 e. The minimum absolute atomic E-state index is 0.0106. The van der Waals surface area contributed by atoms with Gasteiger partial charge in [-0.3, -0.25) is 9.36 Å². The van der Waals surface area contributed by atoms with Gasteiger partial charge in [-0.05, 0) is 37.0 Å². The standard InChI is InChI=1S/C21H24N4O2/c22-17(14-15-6-2-1-3-7-15)20(26)24-12-10-16(11-13-24)25-19-9-5-4-8-18(19)23-21(25)27/h1-9,16-17H,10-14,22H2,(H,23,27). The SMILES string of the molecule is NC(Cc1ccccc1)C(=O)N1CCC(n2c(=O)[nH]c3ccccc32)CC1. The third-order valence-electron chi connectivity index (χ3n) is 5.38. The van der Waals surface area contributed by atoms with Crippen molar-refractivity contribution < 1.29 is 4.79 Å². The second-order valence-corrected chi connectivity index (χ2v) is 7.17. The Morgan fingerprint density at radius 3 is 2.48 bits per heavy atom. The Bertz CT molecular complexity index is 984. The van der Waals surface area contributed by atoms with Crippen LogP contribution in [0.2, 0.25) is 0 Å². The Labute approximate surface area is 157 Å². The summed E-state index contributed by atoms with van der Waals surface area (Å²) in [6.07, 6.45) is 2.05. The third kappa shape index (κ3) is 3.53. The maximum absolute atomic E-state index is 12.7. The van der Waals surface area contributed by atoms with Crippen molar-refractivity contribution in [3.63, 3.8) is 0 Å². The van der Waals surface area contributed by atoms with E-state index < -0.39 is 6.04 Å². The first-order valence-corrected chi connectivity index (χ1v) is 9.41. The number of imidazole rings is 1. The Hall–Kier alpha value is -2.86. The molecular formula is C21H24N4O2. The number of amides is 1. The van der Waals surface area contributed by atoms with Crippen LogP contribution in [-0.2, 0) is 11.2 Å². The molecule has 1 aliphatic heterocycles. The van der Waals surface area contributed by atoms with Crippen molar-refractivity contribution in [1.82, 2.24) is 14.5 Å². The zero-order chi connectivity index (χ0) is 18.8. The number of nitrogens with one attached hydrogen (secondary N) is 1. The molecule has 0 radical (unpaired) electrons. The van der Waals surface area contributed by atoms with Gasteiger partial charge in [-0.2, -0.15) is 0 Å². The molecule has 6 nitrogen and oxygen atoms in total. The first-order valence-electron chi connectivity index (χ1n) is 9.41. The van der Waals surface area contributed by atoms with Crippen molar-refractivity contribution in [1.29, 1.82) is 0 Å². The molecule has 3 aromatic rings.